The second-order valence-electron chi connectivity index (χ2n) is 4.96. The van der Waals surface area contributed by atoms with Crippen molar-refractivity contribution in [3.8, 4) is 11.3 Å². The molecule has 0 fully saturated rings. The molecule has 0 amide bonds. The number of hydrogen-bond acceptors (Lipinski definition) is 3. The minimum absolute atomic E-state index is 0.614. The van der Waals surface area contributed by atoms with Gasteiger partial charge in [0.05, 0.1) is 11.9 Å². The molecule has 1 aromatic carbocycles. The fraction of sp³-hybridized carbons (Fsp3) is 0.286. The van der Waals surface area contributed by atoms with Crippen LogP contribution in [0.4, 0.5) is 0 Å². The normalized spacial score (nSPS) is 11.6. The Bertz CT molecular complexity index is 683. The molecule has 0 bridgehead atoms. The Balaban J connectivity index is 1.97. The van der Waals surface area contributed by atoms with Crippen molar-refractivity contribution in [2.24, 2.45) is 5.92 Å². The molecular weight excluding hydrogens is 278 g/mol. The fourth-order valence-electron chi connectivity index (χ4n) is 1.96. The number of hydrogen-bond donors (Lipinski definition) is 0. The fourth-order valence-corrected chi connectivity index (χ4v) is 3.24. The molecule has 0 N–H and O–H groups in total. The molecule has 98 valence electrons. The van der Waals surface area contributed by atoms with Crippen LogP contribution in [0.3, 0.4) is 0 Å². The molecule has 3 rings (SSSR count). The molecule has 0 atom stereocenters. The van der Waals surface area contributed by atoms with Gasteiger partial charge in [0, 0.05) is 17.0 Å². The molecule has 0 saturated carbocycles. The van der Waals surface area contributed by atoms with E-state index in [0.717, 1.165) is 32.7 Å². The van der Waals surface area contributed by atoms with Crippen molar-refractivity contribution >= 4 is 27.9 Å². The molecule has 2 heterocycles. The molecule has 0 aliphatic rings. The van der Waals surface area contributed by atoms with Crippen molar-refractivity contribution in [2.75, 3.05) is 0 Å². The molecule has 0 radical (unpaired) electrons. The molecule has 3 nitrogen and oxygen atoms in total. The first kappa shape index (κ1) is 12.6. The maximum absolute atomic E-state index is 6.00. The van der Waals surface area contributed by atoms with Crippen LogP contribution in [0.15, 0.2) is 30.5 Å². The largest absolute Gasteiger partial charge is 0.217 e. The number of aromatic nitrogens is 3. The summed E-state index contributed by atoms with van der Waals surface area (Å²) in [5.74, 6) is 0.614. The molecule has 5 heteroatoms. The van der Waals surface area contributed by atoms with Gasteiger partial charge >= 0.3 is 0 Å². The minimum Gasteiger partial charge on any atom is -0.217 e. The molecule has 2 aromatic heterocycles. The van der Waals surface area contributed by atoms with E-state index in [1.807, 2.05) is 35.0 Å². The Morgan fingerprint density at radius 2 is 2.21 bits per heavy atom. The monoisotopic (exact) mass is 291 g/mol. The van der Waals surface area contributed by atoms with Crippen LogP contribution in [0.25, 0.3) is 16.2 Å². The third kappa shape index (κ3) is 2.65. The predicted molar refractivity (Wildman–Crippen MR) is 79.9 cm³/mol. The average molecular weight is 292 g/mol. The van der Waals surface area contributed by atoms with Gasteiger partial charge in [0.1, 0.15) is 5.01 Å². The smallest absolute Gasteiger partial charge is 0.212 e. The minimum atomic E-state index is 0.614. The Morgan fingerprint density at radius 1 is 1.37 bits per heavy atom. The number of halogens is 1. The number of benzene rings is 1. The van der Waals surface area contributed by atoms with Crippen molar-refractivity contribution < 1.29 is 0 Å². The first-order chi connectivity index (χ1) is 9.11. The van der Waals surface area contributed by atoms with Gasteiger partial charge < -0.3 is 0 Å². The average Bonchev–Trinajstić information content (AvgIpc) is 2.85. The van der Waals surface area contributed by atoms with Gasteiger partial charge in [0.2, 0.25) is 4.96 Å². The summed E-state index contributed by atoms with van der Waals surface area (Å²) in [7, 11) is 0. The maximum atomic E-state index is 6.00. The van der Waals surface area contributed by atoms with E-state index in [1.165, 1.54) is 0 Å². The van der Waals surface area contributed by atoms with Crippen LogP contribution < -0.4 is 0 Å². The Kier molecular flexibility index (Phi) is 3.29. The van der Waals surface area contributed by atoms with Crippen molar-refractivity contribution in [3.63, 3.8) is 0 Å². The van der Waals surface area contributed by atoms with Crippen LogP contribution in [-0.4, -0.2) is 14.6 Å². The highest BCUT2D eigenvalue weighted by Gasteiger charge is 2.10. The lowest BCUT2D eigenvalue weighted by molar-refractivity contribution is 0.637. The van der Waals surface area contributed by atoms with Crippen LogP contribution >= 0.6 is 22.9 Å². The molecule has 0 spiro atoms. The van der Waals surface area contributed by atoms with E-state index in [9.17, 15) is 0 Å². The summed E-state index contributed by atoms with van der Waals surface area (Å²) in [5, 5.41) is 6.42. The Morgan fingerprint density at radius 3 is 2.89 bits per heavy atom. The Hall–Kier alpha value is -1.39. The third-order valence-corrected chi connectivity index (χ3v) is 3.97. The van der Waals surface area contributed by atoms with Crippen LogP contribution in [0, 0.1) is 5.92 Å². The summed E-state index contributed by atoms with van der Waals surface area (Å²) in [6.45, 7) is 4.39. The van der Waals surface area contributed by atoms with E-state index in [2.05, 4.69) is 23.9 Å². The van der Waals surface area contributed by atoms with Crippen LogP contribution in [-0.2, 0) is 6.42 Å². The summed E-state index contributed by atoms with van der Waals surface area (Å²) < 4.78 is 1.86. The molecule has 3 aromatic rings. The number of fused-ring (bicyclic) bond motifs is 1. The summed E-state index contributed by atoms with van der Waals surface area (Å²) in [6.07, 6.45) is 2.96. The van der Waals surface area contributed by atoms with Gasteiger partial charge in [-0.05, 0) is 18.1 Å². The van der Waals surface area contributed by atoms with Gasteiger partial charge in [-0.15, -0.1) is 0 Å². The van der Waals surface area contributed by atoms with Crippen molar-refractivity contribution in [1.82, 2.24) is 14.6 Å². The van der Waals surface area contributed by atoms with Crippen LogP contribution in [0.1, 0.15) is 18.9 Å². The van der Waals surface area contributed by atoms with Gasteiger partial charge in [-0.2, -0.15) is 5.10 Å². The lowest BCUT2D eigenvalue weighted by Crippen LogP contribution is -1.94. The van der Waals surface area contributed by atoms with Crippen molar-refractivity contribution in [1.29, 1.82) is 0 Å². The molecule has 0 aliphatic carbocycles. The van der Waals surface area contributed by atoms with Gasteiger partial charge in [-0.25, -0.2) is 9.50 Å². The maximum Gasteiger partial charge on any atom is 0.212 e. The van der Waals surface area contributed by atoms with Crippen LogP contribution in [0.2, 0.25) is 5.02 Å². The highest BCUT2D eigenvalue weighted by molar-refractivity contribution is 7.16. The number of imidazole rings is 1. The topological polar surface area (TPSA) is 30.2 Å². The predicted octanol–water partition coefficient (Wildman–Crippen LogP) is 4.31. The lowest BCUT2D eigenvalue weighted by Gasteiger charge is -1.98. The van der Waals surface area contributed by atoms with E-state index >= 15 is 0 Å². The third-order valence-electron chi connectivity index (χ3n) is 2.79. The standard InChI is InChI=1S/C14H14ClN3S/c1-9(2)6-13-17-18-8-12(16-14(18)19-13)10-4-3-5-11(15)7-10/h3-5,7-9H,6H2,1-2H3. The van der Waals surface area contributed by atoms with E-state index in [-0.39, 0.29) is 0 Å². The first-order valence-corrected chi connectivity index (χ1v) is 7.42. The highest BCUT2D eigenvalue weighted by atomic mass is 35.5. The van der Waals surface area contributed by atoms with Crippen LogP contribution in [0.5, 0.6) is 0 Å². The van der Waals surface area contributed by atoms with Crippen molar-refractivity contribution in [3.05, 3.63) is 40.5 Å². The Labute approximate surface area is 120 Å². The quantitative estimate of drug-likeness (QED) is 0.720. The van der Waals surface area contributed by atoms with Gasteiger partial charge in [0.15, 0.2) is 0 Å². The SMILES string of the molecule is CC(C)Cc1nn2cc(-c3cccc(Cl)c3)nc2s1. The van der Waals surface area contributed by atoms with Crippen molar-refractivity contribution in [2.45, 2.75) is 20.3 Å². The number of nitrogens with zero attached hydrogens (tertiary/aromatic N) is 3. The lowest BCUT2D eigenvalue weighted by atomic mass is 10.1. The molecular formula is C14H14ClN3S. The van der Waals surface area contributed by atoms with E-state index in [1.54, 1.807) is 11.3 Å². The zero-order valence-electron chi connectivity index (χ0n) is 10.8. The molecule has 0 aliphatic heterocycles. The zero-order valence-corrected chi connectivity index (χ0v) is 12.4. The second-order valence-corrected chi connectivity index (χ2v) is 6.43. The summed E-state index contributed by atoms with van der Waals surface area (Å²) >= 11 is 7.66. The second kappa shape index (κ2) is 4.94. The van der Waals surface area contributed by atoms with Gasteiger partial charge in [0.25, 0.3) is 0 Å². The molecule has 19 heavy (non-hydrogen) atoms. The van der Waals surface area contributed by atoms with Gasteiger partial charge in [-0.3, -0.25) is 0 Å². The first-order valence-electron chi connectivity index (χ1n) is 6.23. The molecule has 0 saturated heterocycles. The summed E-state index contributed by atoms with van der Waals surface area (Å²) in [4.78, 5) is 5.55. The molecule has 0 unspecified atom stereocenters. The van der Waals surface area contributed by atoms with Gasteiger partial charge in [-0.1, -0.05) is 48.9 Å². The van der Waals surface area contributed by atoms with E-state index in [4.69, 9.17) is 11.6 Å². The van der Waals surface area contributed by atoms with E-state index < -0.39 is 0 Å². The number of rotatable bonds is 3. The zero-order chi connectivity index (χ0) is 13.4. The summed E-state index contributed by atoms with van der Waals surface area (Å²) in [6, 6.07) is 7.72. The summed E-state index contributed by atoms with van der Waals surface area (Å²) in [5.41, 5.74) is 1.94. The highest BCUT2D eigenvalue weighted by Crippen LogP contribution is 2.25. The van der Waals surface area contributed by atoms with E-state index in [0.29, 0.717) is 5.92 Å².